The molecule has 114 valence electrons. The zero-order valence-corrected chi connectivity index (χ0v) is 14.0. The third kappa shape index (κ3) is 2.36. The molecule has 0 aliphatic carbocycles. The van der Waals surface area contributed by atoms with E-state index in [1.54, 1.807) is 0 Å². The van der Waals surface area contributed by atoms with Crippen molar-refractivity contribution < 1.29 is 9.90 Å². The lowest BCUT2D eigenvalue weighted by atomic mass is 9.82. The summed E-state index contributed by atoms with van der Waals surface area (Å²) in [6.07, 6.45) is 2.54. The zero-order valence-electron chi connectivity index (χ0n) is 12.4. The predicted octanol–water partition coefficient (Wildman–Crippen LogP) is 3.45. The molecule has 4 nitrogen and oxygen atoms in total. The van der Waals surface area contributed by atoms with E-state index < -0.39 is 6.10 Å². The molecule has 0 aromatic heterocycles. The van der Waals surface area contributed by atoms with Gasteiger partial charge in [-0.15, -0.1) is 0 Å². The van der Waals surface area contributed by atoms with Crippen molar-refractivity contribution in [3.8, 4) is 0 Å². The van der Waals surface area contributed by atoms with Crippen molar-refractivity contribution in [2.24, 2.45) is 5.41 Å². The second kappa shape index (κ2) is 5.29. The lowest BCUT2D eigenvalue weighted by Crippen LogP contribution is -2.26. The Labute approximate surface area is 133 Å². The number of aliphatic hydroxyl groups is 1. The van der Waals surface area contributed by atoms with Gasteiger partial charge >= 0.3 is 0 Å². The number of fused-ring (bicyclic) bond motifs is 1. The van der Waals surface area contributed by atoms with Crippen LogP contribution in [0.5, 0.6) is 0 Å². The van der Waals surface area contributed by atoms with Crippen LogP contribution < -0.4 is 10.2 Å². The maximum absolute atomic E-state index is 11.6. The Hall–Kier alpha value is -1.07. The molecule has 1 aromatic carbocycles. The van der Waals surface area contributed by atoms with E-state index in [4.69, 9.17) is 0 Å². The number of carbonyl (C=O) groups is 1. The summed E-state index contributed by atoms with van der Waals surface area (Å²) >= 11 is 3.60. The van der Waals surface area contributed by atoms with E-state index in [1.807, 2.05) is 12.1 Å². The summed E-state index contributed by atoms with van der Waals surface area (Å²) in [6, 6.07) is 3.85. The molecule has 1 amide bonds. The van der Waals surface area contributed by atoms with E-state index in [0.29, 0.717) is 11.0 Å². The van der Waals surface area contributed by atoms with Crippen molar-refractivity contribution in [3.05, 3.63) is 22.2 Å². The SMILES string of the molecule is CCC1(CC)CCN(c2cc3c(cc2Br)C(O)C(=O)N3)C1. The summed E-state index contributed by atoms with van der Waals surface area (Å²) in [7, 11) is 0. The number of benzene rings is 1. The summed E-state index contributed by atoms with van der Waals surface area (Å²) in [4.78, 5) is 14.0. The average molecular weight is 353 g/mol. The van der Waals surface area contributed by atoms with E-state index in [2.05, 4.69) is 40.0 Å². The van der Waals surface area contributed by atoms with Crippen molar-refractivity contribution >= 4 is 33.2 Å². The minimum Gasteiger partial charge on any atom is -0.378 e. The lowest BCUT2D eigenvalue weighted by molar-refractivity contribution is -0.123. The highest BCUT2D eigenvalue weighted by Gasteiger charge is 2.37. The Bertz CT molecular complexity index is 584. The maximum atomic E-state index is 11.6. The van der Waals surface area contributed by atoms with Gasteiger partial charge in [-0.2, -0.15) is 0 Å². The van der Waals surface area contributed by atoms with E-state index in [-0.39, 0.29) is 5.91 Å². The summed E-state index contributed by atoms with van der Waals surface area (Å²) in [5.74, 6) is -0.341. The molecule has 21 heavy (non-hydrogen) atoms. The largest absolute Gasteiger partial charge is 0.378 e. The molecule has 1 saturated heterocycles. The highest BCUT2D eigenvalue weighted by Crippen LogP contribution is 2.44. The Kier molecular flexibility index (Phi) is 3.74. The molecule has 1 fully saturated rings. The standard InChI is InChI=1S/C16H21BrN2O2/c1-3-16(4-2)5-6-19(9-16)13-8-12-10(7-11(13)17)14(20)15(21)18-12/h7-8,14,20H,3-6,9H2,1-2H3,(H,18,21). The monoisotopic (exact) mass is 352 g/mol. The van der Waals surface area contributed by atoms with Gasteiger partial charge in [0.15, 0.2) is 6.10 Å². The first kappa shape index (κ1) is 14.9. The number of aliphatic hydroxyl groups excluding tert-OH is 1. The van der Waals surface area contributed by atoms with Crippen LogP contribution in [0.25, 0.3) is 0 Å². The number of rotatable bonds is 3. The number of carbonyl (C=O) groups excluding carboxylic acids is 1. The molecule has 0 saturated carbocycles. The summed E-state index contributed by atoms with van der Waals surface area (Å²) < 4.78 is 0.944. The Morgan fingerprint density at radius 1 is 1.43 bits per heavy atom. The van der Waals surface area contributed by atoms with Gasteiger partial charge in [0.05, 0.1) is 5.69 Å². The molecule has 2 heterocycles. The first-order valence-electron chi connectivity index (χ1n) is 7.57. The number of nitrogens with one attached hydrogen (secondary N) is 1. The van der Waals surface area contributed by atoms with E-state index >= 15 is 0 Å². The number of hydrogen-bond acceptors (Lipinski definition) is 3. The number of amides is 1. The fraction of sp³-hybridized carbons (Fsp3) is 0.562. The molecule has 3 rings (SSSR count). The normalized spacial score (nSPS) is 23.3. The number of anilines is 2. The molecule has 0 spiro atoms. The molecule has 2 aliphatic heterocycles. The van der Waals surface area contributed by atoms with Crippen LogP contribution in [0.3, 0.4) is 0 Å². The Balaban J connectivity index is 1.92. The van der Waals surface area contributed by atoms with Crippen LogP contribution in [-0.4, -0.2) is 24.1 Å². The van der Waals surface area contributed by atoms with Crippen LogP contribution in [0.15, 0.2) is 16.6 Å². The molecule has 1 aromatic rings. The quantitative estimate of drug-likeness (QED) is 0.875. The lowest BCUT2D eigenvalue weighted by Gasteiger charge is -2.28. The minimum absolute atomic E-state index is 0.341. The molecule has 0 radical (unpaired) electrons. The average Bonchev–Trinajstić information content (AvgIpc) is 3.03. The van der Waals surface area contributed by atoms with Crippen LogP contribution >= 0.6 is 15.9 Å². The number of nitrogens with zero attached hydrogens (tertiary/aromatic N) is 1. The molecule has 2 aliphatic rings. The summed E-state index contributed by atoms with van der Waals surface area (Å²) in [5, 5.41) is 12.6. The Morgan fingerprint density at radius 2 is 2.14 bits per heavy atom. The highest BCUT2D eigenvalue weighted by atomic mass is 79.9. The van der Waals surface area contributed by atoms with Gasteiger partial charge in [0.2, 0.25) is 0 Å². The first-order chi connectivity index (χ1) is 9.99. The third-order valence-corrected chi connectivity index (χ3v) is 5.83. The van der Waals surface area contributed by atoms with Crippen LogP contribution in [0, 0.1) is 5.41 Å². The predicted molar refractivity (Wildman–Crippen MR) is 87.6 cm³/mol. The fourth-order valence-electron chi connectivity index (χ4n) is 3.46. The topological polar surface area (TPSA) is 52.6 Å². The van der Waals surface area contributed by atoms with Crippen molar-refractivity contribution in [3.63, 3.8) is 0 Å². The van der Waals surface area contributed by atoms with Crippen molar-refractivity contribution in [1.29, 1.82) is 0 Å². The van der Waals surface area contributed by atoms with Crippen LogP contribution in [0.1, 0.15) is 44.8 Å². The van der Waals surface area contributed by atoms with Crippen molar-refractivity contribution in [2.45, 2.75) is 39.2 Å². The highest BCUT2D eigenvalue weighted by molar-refractivity contribution is 9.10. The fourth-order valence-corrected chi connectivity index (χ4v) is 4.08. The Morgan fingerprint density at radius 3 is 2.76 bits per heavy atom. The molecule has 2 N–H and O–H groups in total. The molecule has 1 atom stereocenters. The van der Waals surface area contributed by atoms with Crippen molar-refractivity contribution in [2.75, 3.05) is 23.3 Å². The number of hydrogen-bond donors (Lipinski definition) is 2. The second-order valence-electron chi connectivity index (χ2n) is 6.16. The van der Waals surface area contributed by atoms with E-state index in [1.165, 1.54) is 19.3 Å². The third-order valence-electron chi connectivity index (χ3n) is 5.20. The van der Waals surface area contributed by atoms with Gasteiger partial charge in [0, 0.05) is 28.8 Å². The molecule has 5 heteroatoms. The van der Waals surface area contributed by atoms with Gasteiger partial charge in [0.1, 0.15) is 0 Å². The smallest absolute Gasteiger partial charge is 0.257 e. The van der Waals surface area contributed by atoms with Crippen LogP contribution in [0.4, 0.5) is 11.4 Å². The van der Waals surface area contributed by atoms with Gasteiger partial charge in [0.25, 0.3) is 5.91 Å². The number of halogens is 1. The molecule has 0 bridgehead atoms. The summed E-state index contributed by atoms with van der Waals surface area (Å²) in [5.41, 5.74) is 2.90. The van der Waals surface area contributed by atoms with E-state index in [0.717, 1.165) is 28.9 Å². The minimum atomic E-state index is -1.05. The van der Waals surface area contributed by atoms with Gasteiger partial charge in [-0.3, -0.25) is 4.79 Å². The van der Waals surface area contributed by atoms with E-state index in [9.17, 15) is 9.90 Å². The second-order valence-corrected chi connectivity index (χ2v) is 7.02. The van der Waals surface area contributed by atoms with Gasteiger partial charge < -0.3 is 15.3 Å². The molecular formula is C16H21BrN2O2. The van der Waals surface area contributed by atoms with Gasteiger partial charge in [-0.1, -0.05) is 13.8 Å². The first-order valence-corrected chi connectivity index (χ1v) is 8.36. The zero-order chi connectivity index (χ0) is 15.2. The van der Waals surface area contributed by atoms with Crippen LogP contribution in [-0.2, 0) is 4.79 Å². The van der Waals surface area contributed by atoms with Crippen LogP contribution in [0.2, 0.25) is 0 Å². The molecule has 1 unspecified atom stereocenters. The molecular weight excluding hydrogens is 332 g/mol. The maximum Gasteiger partial charge on any atom is 0.257 e. The van der Waals surface area contributed by atoms with Gasteiger partial charge in [-0.25, -0.2) is 0 Å². The van der Waals surface area contributed by atoms with Crippen molar-refractivity contribution in [1.82, 2.24) is 0 Å². The van der Waals surface area contributed by atoms with Gasteiger partial charge in [-0.05, 0) is 52.7 Å². The summed E-state index contributed by atoms with van der Waals surface area (Å²) in [6.45, 7) is 6.62.